The molecule has 0 saturated carbocycles. The minimum absolute atomic E-state index is 0.0659. The molecule has 1 atom stereocenters. The molecule has 1 aromatic heterocycles. The Morgan fingerprint density at radius 3 is 2.43 bits per heavy atom. The highest BCUT2D eigenvalue weighted by molar-refractivity contribution is 7.99. The summed E-state index contributed by atoms with van der Waals surface area (Å²) in [4.78, 5) is 12.4. The van der Waals surface area contributed by atoms with E-state index in [2.05, 4.69) is 59.0 Å². The number of hydrogen-bond acceptors (Lipinski definition) is 6. The molecule has 1 amide bonds. The molecule has 0 aliphatic heterocycles. The van der Waals surface area contributed by atoms with Gasteiger partial charge in [-0.3, -0.25) is 4.79 Å². The number of thioether (sulfide) groups is 1. The molecule has 0 aliphatic carbocycles. The zero-order valence-corrected chi connectivity index (χ0v) is 18.5. The molecule has 0 bridgehead atoms. The van der Waals surface area contributed by atoms with E-state index in [1.165, 1.54) is 17.3 Å². The molecule has 1 unspecified atom stereocenters. The van der Waals surface area contributed by atoms with Gasteiger partial charge in [-0.05, 0) is 65.1 Å². The number of hydrogen-bond donors (Lipinski definition) is 1. The molecule has 2 aromatic carbocycles. The second-order valence-corrected chi connectivity index (χ2v) is 8.43. The lowest BCUT2D eigenvalue weighted by Gasteiger charge is -2.15. The van der Waals surface area contributed by atoms with Crippen LogP contribution in [-0.2, 0) is 11.2 Å². The van der Waals surface area contributed by atoms with Crippen molar-refractivity contribution in [1.82, 2.24) is 25.5 Å². The largest absolute Gasteiger partial charge is 0.497 e. The second-order valence-electron chi connectivity index (χ2n) is 7.49. The SMILES string of the molecule is COc1ccc(-n2nnnc2SCC(=O)NC(C)c2ccc(CC(C)C)cc2)cc1. The van der Waals surface area contributed by atoms with Crippen molar-refractivity contribution in [2.24, 2.45) is 5.92 Å². The van der Waals surface area contributed by atoms with Crippen molar-refractivity contribution < 1.29 is 9.53 Å². The number of benzene rings is 2. The number of rotatable bonds is 9. The van der Waals surface area contributed by atoms with Crippen LogP contribution in [0.25, 0.3) is 5.69 Å². The van der Waals surface area contributed by atoms with Crippen LogP contribution < -0.4 is 10.1 Å². The van der Waals surface area contributed by atoms with Gasteiger partial charge >= 0.3 is 0 Å². The zero-order valence-electron chi connectivity index (χ0n) is 17.7. The molecule has 0 aliphatic rings. The Balaban J connectivity index is 1.55. The number of aromatic nitrogens is 4. The predicted molar refractivity (Wildman–Crippen MR) is 118 cm³/mol. The number of nitrogens with one attached hydrogen (secondary N) is 1. The fourth-order valence-corrected chi connectivity index (χ4v) is 3.77. The minimum Gasteiger partial charge on any atom is -0.497 e. The first-order chi connectivity index (χ1) is 14.5. The van der Waals surface area contributed by atoms with Gasteiger partial charge in [0.1, 0.15) is 5.75 Å². The van der Waals surface area contributed by atoms with Crippen LogP contribution in [0.5, 0.6) is 5.75 Å². The average Bonchev–Trinajstić information content (AvgIpc) is 3.21. The summed E-state index contributed by atoms with van der Waals surface area (Å²) >= 11 is 1.30. The van der Waals surface area contributed by atoms with E-state index in [9.17, 15) is 4.79 Å². The van der Waals surface area contributed by atoms with E-state index < -0.39 is 0 Å². The van der Waals surface area contributed by atoms with Gasteiger partial charge in [-0.25, -0.2) is 0 Å². The van der Waals surface area contributed by atoms with Gasteiger partial charge in [-0.2, -0.15) is 4.68 Å². The van der Waals surface area contributed by atoms with Crippen LogP contribution in [0.1, 0.15) is 37.9 Å². The van der Waals surface area contributed by atoms with E-state index in [0.717, 1.165) is 23.4 Å². The van der Waals surface area contributed by atoms with E-state index >= 15 is 0 Å². The summed E-state index contributed by atoms with van der Waals surface area (Å²) in [6.07, 6.45) is 1.06. The van der Waals surface area contributed by atoms with Crippen molar-refractivity contribution in [3.63, 3.8) is 0 Å². The molecule has 8 heteroatoms. The van der Waals surface area contributed by atoms with E-state index in [0.29, 0.717) is 11.1 Å². The molecule has 1 N–H and O–H groups in total. The minimum atomic E-state index is -0.0666. The van der Waals surface area contributed by atoms with Crippen molar-refractivity contribution in [2.45, 2.75) is 38.4 Å². The molecule has 7 nitrogen and oxygen atoms in total. The third kappa shape index (κ3) is 5.82. The normalized spacial score (nSPS) is 12.0. The number of carbonyl (C=O) groups is 1. The molecule has 0 saturated heterocycles. The molecule has 1 heterocycles. The summed E-state index contributed by atoms with van der Waals surface area (Å²) in [5, 5.41) is 15.4. The monoisotopic (exact) mass is 425 g/mol. The Bertz CT molecular complexity index is 954. The van der Waals surface area contributed by atoms with Crippen LogP contribution >= 0.6 is 11.8 Å². The lowest BCUT2D eigenvalue weighted by molar-refractivity contribution is -0.119. The first-order valence-electron chi connectivity index (χ1n) is 9.90. The van der Waals surface area contributed by atoms with Gasteiger partial charge in [0.25, 0.3) is 0 Å². The molecule has 0 radical (unpaired) electrons. The number of ether oxygens (including phenoxy) is 1. The maximum absolute atomic E-state index is 12.4. The van der Waals surface area contributed by atoms with Crippen LogP contribution in [0, 0.1) is 5.92 Å². The summed E-state index contributed by atoms with van der Waals surface area (Å²) in [5.74, 6) is 1.54. The van der Waals surface area contributed by atoms with E-state index in [4.69, 9.17) is 4.74 Å². The number of amides is 1. The van der Waals surface area contributed by atoms with E-state index in [-0.39, 0.29) is 17.7 Å². The molecule has 158 valence electrons. The van der Waals surface area contributed by atoms with Gasteiger partial charge in [0.15, 0.2) is 0 Å². The molecule has 3 rings (SSSR count). The van der Waals surface area contributed by atoms with Gasteiger partial charge in [0, 0.05) is 0 Å². The second kappa shape index (κ2) is 10.2. The summed E-state index contributed by atoms with van der Waals surface area (Å²) in [5.41, 5.74) is 3.20. The summed E-state index contributed by atoms with van der Waals surface area (Å²) in [6, 6.07) is 15.8. The number of nitrogens with zero attached hydrogens (tertiary/aromatic N) is 4. The van der Waals surface area contributed by atoms with Gasteiger partial charge in [0.05, 0.1) is 24.6 Å². The van der Waals surface area contributed by atoms with Gasteiger partial charge < -0.3 is 10.1 Å². The topological polar surface area (TPSA) is 81.9 Å². The fraction of sp³-hybridized carbons (Fsp3) is 0.364. The Kier molecular flexibility index (Phi) is 7.46. The Hall–Kier alpha value is -2.87. The number of tetrazole rings is 1. The zero-order chi connectivity index (χ0) is 21.5. The smallest absolute Gasteiger partial charge is 0.230 e. The van der Waals surface area contributed by atoms with Crippen LogP contribution in [-0.4, -0.2) is 39.0 Å². The number of carbonyl (C=O) groups excluding carboxylic acids is 1. The molecular formula is C22H27N5O2S. The van der Waals surface area contributed by atoms with E-state index in [1.54, 1.807) is 11.8 Å². The molecule has 3 aromatic rings. The lowest BCUT2D eigenvalue weighted by atomic mass is 10.00. The lowest BCUT2D eigenvalue weighted by Crippen LogP contribution is -2.28. The molecule has 30 heavy (non-hydrogen) atoms. The fourth-order valence-electron chi connectivity index (χ4n) is 3.06. The predicted octanol–water partition coefficient (Wildman–Crippen LogP) is 3.84. The molecule has 0 spiro atoms. The van der Waals surface area contributed by atoms with Crippen LogP contribution in [0.3, 0.4) is 0 Å². The molecular weight excluding hydrogens is 398 g/mol. The molecule has 0 fully saturated rings. The first-order valence-corrected chi connectivity index (χ1v) is 10.9. The maximum Gasteiger partial charge on any atom is 0.230 e. The highest BCUT2D eigenvalue weighted by Crippen LogP contribution is 2.21. The Morgan fingerprint density at radius 1 is 1.10 bits per heavy atom. The highest BCUT2D eigenvalue weighted by Gasteiger charge is 2.14. The van der Waals surface area contributed by atoms with E-state index in [1.807, 2.05) is 31.2 Å². The van der Waals surface area contributed by atoms with Crippen LogP contribution in [0.15, 0.2) is 53.7 Å². The third-order valence-corrected chi connectivity index (χ3v) is 5.51. The van der Waals surface area contributed by atoms with Gasteiger partial charge in [-0.1, -0.05) is 49.9 Å². The quantitative estimate of drug-likeness (QED) is 0.525. The first kappa shape index (κ1) is 21.8. The van der Waals surface area contributed by atoms with Crippen LogP contribution in [0.2, 0.25) is 0 Å². The van der Waals surface area contributed by atoms with Crippen molar-refractivity contribution in [3.05, 3.63) is 59.7 Å². The van der Waals surface area contributed by atoms with Crippen molar-refractivity contribution >= 4 is 17.7 Å². The maximum atomic E-state index is 12.4. The van der Waals surface area contributed by atoms with Gasteiger partial charge in [0.2, 0.25) is 11.1 Å². The van der Waals surface area contributed by atoms with Crippen molar-refractivity contribution in [3.8, 4) is 11.4 Å². The van der Waals surface area contributed by atoms with Gasteiger partial charge in [-0.15, -0.1) is 5.10 Å². The highest BCUT2D eigenvalue weighted by atomic mass is 32.2. The van der Waals surface area contributed by atoms with Crippen molar-refractivity contribution in [1.29, 1.82) is 0 Å². The Morgan fingerprint density at radius 2 is 1.80 bits per heavy atom. The number of methoxy groups -OCH3 is 1. The standard InChI is InChI=1S/C22H27N5O2S/c1-15(2)13-17-5-7-18(8-6-17)16(3)23-21(28)14-30-22-24-25-26-27(22)19-9-11-20(29-4)12-10-19/h5-12,15-16H,13-14H2,1-4H3,(H,23,28). The average molecular weight is 426 g/mol. The summed E-state index contributed by atoms with van der Waals surface area (Å²) in [6.45, 7) is 6.40. The third-order valence-electron chi connectivity index (χ3n) is 4.59. The van der Waals surface area contributed by atoms with Crippen LogP contribution in [0.4, 0.5) is 0 Å². The summed E-state index contributed by atoms with van der Waals surface area (Å²) < 4.78 is 6.78. The Labute approximate surface area is 181 Å². The van der Waals surface area contributed by atoms with Crippen molar-refractivity contribution in [2.75, 3.05) is 12.9 Å². The summed E-state index contributed by atoms with van der Waals surface area (Å²) in [7, 11) is 1.62.